The predicted octanol–water partition coefficient (Wildman–Crippen LogP) is 2.35. The Bertz CT molecular complexity index is 527. The summed E-state index contributed by atoms with van der Waals surface area (Å²) in [4.78, 5) is 32.3. The molecule has 7 nitrogen and oxygen atoms in total. The topological polar surface area (TPSA) is 110 Å². The normalized spacial score (nSPS) is 10.1. The zero-order valence-electron chi connectivity index (χ0n) is 11.1. The number of aryl methyl sites for hydroxylation is 1. The molecule has 0 aliphatic carbocycles. The van der Waals surface area contributed by atoms with Gasteiger partial charge >= 0.3 is 5.97 Å². The smallest absolute Gasteiger partial charge is 0.303 e. The predicted molar refractivity (Wildman–Crippen MR) is 72.6 cm³/mol. The van der Waals surface area contributed by atoms with E-state index in [-0.39, 0.29) is 30.9 Å². The molecule has 0 saturated carbocycles. The fourth-order valence-electron chi connectivity index (χ4n) is 1.73. The number of hydrogen-bond donors (Lipinski definition) is 2. The first kappa shape index (κ1) is 15.6. The van der Waals surface area contributed by atoms with Crippen LogP contribution < -0.4 is 5.32 Å². The summed E-state index contributed by atoms with van der Waals surface area (Å²) in [7, 11) is 0. The minimum atomic E-state index is -0.958. The fraction of sp³-hybridized carbons (Fsp3) is 0.385. The number of amides is 1. The summed E-state index contributed by atoms with van der Waals surface area (Å²) in [5.41, 5.74) is 0.906. The van der Waals surface area contributed by atoms with Crippen LogP contribution in [0.15, 0.2) is 18.2 Å². The molecular formula is C13H16N2O5. The van der Waals surface area contributed by atoms with E-state index < -0.39 is 10.9 Å². The third-order valence-corrected chi connectivity index (χ3v) is 2.74. The van der Waals surface area contributed by atoms with Crippen LogP contribution in [-0.4, -0.2) is 21.9 Å². The van der Waals surface area contributed by atoms with Crippen molar-refractivity contribution in [1.82, 2.24) is 0 Å². The van der Waals surface area contributed by atoms with Crippen molar-refractivity contribution in [2.75, 3.05) is 5.32 Å². The lowest BCUT2D eigenvalue weighted by atomic mass is 10.1. The Labute approximate surface area is 115 Å². The first-order chi connectivity index (χ1) is 9.43. The van der Waals surface area contributed by atoms with E-state index in [1.54, 1.807) is 12.1 Å². The minimum absolute atomic E-state index is 0.0316. The molecule has 0 saturated heterocycles. The summed E-state index contributed by atoms with van der Waals surface area (Å²) in [6.45, 7) is 1.81. The van der Waals surface area contributed by atoms with Gasteiger partial charge in [-0.2, -0.15) is 0 Å². The van der Waals surface area contributed by atoms with Crippen LogP contribution in [0.5, 0.6) is 0 Å². The lowest BCUT2D eigenvalue weighted by Crippen LogP contribution is -2.12. The van der Waals surface area contributed by atoms with Crippen LogP contribution in [0.25, 0.3) is 0 Å². The highest BCUT2D eigenvalue weighted by molar-refractivity contribution is 5.91. The molecule has 2 N–H and O–H groups in total. The molecular weight excluding hydrogens is 264 g/mol. The van der Waals surface area contributed by atoms with Crippen molar-refractivity contribution in [3.63, 3.8) is 0 Å². The quantitative estimate of drug-likeness (QED) is 0.588. The molecule has 0 aromatic heterocycles. The number of nitro groups is 1. The Morgan fingerprint density at radius 2 is 2.05 bits per heavy atom. The summed E-state index contributed by atoms with van der Waals surface area (Å²) in [5.74, 6) is -1.31. The maximum Gasteiger partial charge on any atom is 0.303 e. The number of anilines is 1. The number of nitrogens with one attached hydrogen (secondary N) is 1. The van der Waals surface area contributed by atoms with Crippen molar-refractivity contribution in [3.05, 3.63) is 33.9 Å². The third kappa shape index (κ3) is 4.68. The number of carboxylic acids is 1. The average molecular weight is 280 g/mol. The zero-order valence-corrected chi connectivity index (χ0v) is 11.1. The van der Waals surface area contributed by atoms with Crippen molar-refractivity contribution in [3.8, 4) is 0 Å². The number of carbonyl (C=O) groups is 2. The van der Waals surface area contributed by atoms with E-state index >= 15 is 0 Å². The highest BCUT2D eigenvalue weighted by Gasteiger charge is 2.14. The second-order valence-corrected chi connectivity index (χ2v) is 4.25. The van der Waals surface area contributed by atoms with Crippen molar-refractivity contribution in [1.29, 1.82) is 0 Å². The number of carbonyl (C=O) groups excluding carboxylic acids is 1. The number of nitro benzene ring substituents is 1. The van der Waals surface area contributed by atoms with E-state index in [0.29, 0.717) is 17.7 Å². The fourth-order valence-corrected chi connectivity index (χ4v) is 1.73. The lowest BCUT2D eigenvalue weighted by Gasteiger charge is -2.06. The largest absolute Gasteiger partial charge is 0.481 e. The standard InChI is InChI=1S/C13H16N2O5/c1-2-9-6-7-10(8-11(9)15(19)20)14-12(16)4-3-5-13(17)18/h6-8H,2-5H2,1H3,(H,14,16)(H,17,18). The number of hydrogen-bond acceptors (Lipinski definition) is 4. The molecule has 20 heavy (non-hydrogen) atoms. The Morgan fingerprint density at radius 1 is 1.35 bits per heavy atom. The molecule has 0 atom stereocenters. The van der Waals surface area contributed by atoms with Gasteiger partial charge in [-0.1, -0.05) is 13.0 Å². The number of aliphatic carboxylic acids is 1. The molecule has 0 fully saturated rings. The van der Waals surface area contributed by atoms with Crippen molar-refractivity contribution in [2.24, 2.45) is 0 Å². The Hall–Kier alpha value is -2.44. The highest BCUT2D eigenvalue weighted by Crippen LogP contribution is 2.23. The van der Waals surface area contributed by atoms with Gasteiger partial charge < -0.3 is 10.4 Å². The van der Waals surface area contributed by atoms with Crippen LogP contribution in [0.2, 0.25) is 0 Å². The average Bonchev–Trinajstić information content (AvgIpc) is 2.38. The summed E-state index contributed by atoms with van der Waals surface area (Å²) in [6, 6.07) is 4.51. The van der Waals surface area contributed by atoms with Crippen LogP contribution in [-0.2, 0) is 16.0 Å². The minimum Gasteiger partial charge on any atom is -0.481 e. The zero-order chi connectivity index (χ0) is 15.1. The van der Waals surface area contributed by atoms with Gasteiger partial charge in [0.15, 0.2) is 0 Å². The SMILES string of the molecule is CCc1ccc(NC(=O)CCCC(=O)O)cc1[N+](=O)[O-]. The van der Waals surface area contributed by atoms with Gasteiger partial charge in [-0.05, 0) is 18.9 Å². The molecule has 1 rings (SSSR count). The van der Waals surface area contributed by atoms with Crippen molar-refractivity contribution in [2.45, 2.75) is 32.6 Å². The van der Waals surface area contributed by atoms with Gasteiger partial charge in [0.05, 0.1) is 4.92 Å². The molecule has 0 aliphatic rings. The van der Waals surface area contributed by atoms with Gasteiger partial charge in [0.2, 0.25) is 5.91 Å². The highest BCUT2D eigenvalue weighted by atomic mass is 16.6. The lowest BCUT2D eigenvalue weighted by molar-refractivity contribution is -0.385. The van der Waals surface area contributed by atoms with Gasteiger partial charge in [-0.15, -0.1) is 0 Å². The third-order valence-electron chi connectivity index (χ3n) is 2.74. The van der Waals surface area contributed by atoms with Gasteiger partial charge in [-0.3, -0.25) is 19.7 Å². The maximum atomic E-state index is 11.6. The first-order valence-corrected chi connectivity index (χ1v) is 6.23. The van der Waals surface area contributed by atoms with Crippen LogP contribution in [0, 0.1) is 10.1 Å². The summed E-state index contributed by atoms with van der Waals surface area (Å²) in [6.07, 6.45) is 0.747. The van der Waals surface area contributed by atoms with Gasteiger partial charge in [0, 0.05) is 30.2 Å². The van der Waals surface area contributed by atoms with Crippen LogP contribution in [0.4, 0.5) is 11.4 Å². The molecule has 1 amide bonds. The summed E-state index contributed by atoms with van der Waals surface area (Å²) >= 11 is 0. The van der Waals surface area contributed by atoms with E-state index in [1.165, 1.54) is 6.07 Å². The van der Waals surface area contributed by atoms with Gasteiger partial charge in [0.1, 0.15) is 0 Å². The Morgan fingerprint density at radius 3 is 2.60 bits per heavy atom. The Kier molecular flexibility index (Phi) is 5.64. The van der Waals surface area contributed by atoms with E-state index in [2.05, 4.69) is 5.32 Å². The first-order valence-electron chi connectivity index (χ1n) is 6.23. The van der Waals surface area contributed by atoms with Crippen LogP contribution in [0.1, 0.15) is 31.7 Å². The second kappa shape index (κ2) is 7.22. The second-order valence-electron chi connectivity index (χ2n) is 4.25. The molecule has 0 aliphatic heterocycles. The molecule has 0 bridgehead atoms. The molecule has 7 heteroatoms. The van der Waals surface area contributed by atoms with E-state index in [4.69, 9.17) is 5.11 Å². The van der Waals surface area contributed by atoms with E-state index in [1.807, 2.05) is 6.92 Å². The number of carboxylic acid groups (broad SMARTS) is 1. The van der Waals surface area contributed by atoms with Crippen molar-refractivity contribution < 1.29 is 19.6 Å². The van der Waals surface area contributed by atoms with E-state index in [0.717, 1.165) is 0 Å². The Balaban J connectivity index is 2.68. The maximum absolute atomic E-state index is 11.6. The molecule has 0 heterocycles. The molecule has 1 aromatic rings. The molecule has 108 valence electrons. The monoisotopic (exact) mass is 280 g/mol. The van der Waals surface area contributed by atoms with Crippen LogP contribution >= 0.6 is 0 Å². The number of nitrogens with zero attached hydrogens (tertiary/aromatic N) is 1. The molecule has 0 unspecified atom stereocenters. The molecule has 0 spiro atoms. The summed E-state index contributed by atoms with van der Waals surface area (Å²) < 4.78 is 0. The van der Waals surface area contributed by atoms with Crippen molar-refractivity contribution >= 4 is 23.3 Å². The van der Waals surface area contributed by atoms with E-state index in [9.17, 15) is 19.7 Å². The van der Waals surface area contributed by atoms with Gasteiger partial charge in [0.25, 0.3) is 5.69 Å². The molecule has 0 radical (unpaired) electrons. The molecule has 1 aromatic carbocycles. The summed E-state index contributed by atoms with van der Waals surface area (Å²) in [5, 5.41) is 21.9. The number of rotatable bonds is 7. The van der Waals surface area contributed by atoms with Crippen LogP contribution in [0.3, 0.4) is 0 Å². The van der Waals surface area contributed by atoms with Gasteiger partial charge in [-0.25, -0.2) is 0 Å². The number of benzene rings is 1.